The van der Waals surface area contributed by atoms with Crippen molar-refractivity contribution >= 4 is 55.8 Å². The molecule has 0 aromatic carbocycles. The summed E-state index contributed by atoms with van der Waals surface area (Å²) in [7, 11) is 0. The van der Waals surface area contributed by atoms with Gasteiger partial charge in [0.05, 0.1) is 29.0 Å². The van der Waals surface area contributed by atoms with E-state index in [0.717, 1.165) is 0 Å². The Labute approximate surface area is 164 Å². The molecule has 0 aromatic heterocycles. The lowest BCUT2D eigenvalue weighted by molar-refractivity contribution is -0.137. The Kier molecular flexibility index (Phi) is 29.9. The van der Waals surface area contributed by atoms with Crippen LogP contribution in [0.1, 0.15) is 20.8 Å². The van der Waals surface area contributed by atoms with Crippen molar-refractivity contribution in [3.63, 3.8) is 0 Å². The first kappa shape index (κ1) is 32.0. The zero-order valence-corrected chi connectivity index (χ0v) is 17.0. The van der Waals surface area contributed by atoms with Crippen LogP contribution < -0.4 is 5.32 Å². The number of aliphatic hydroxyl groups is 2. The summed E-state index contributed by atoms with van der Waals surface area (Å²) >= 11 is 10.8. The lowest BCUT2D eigenvalue weighted by Gasteiger charge is -1.94. The highest BCUT2D eigenvalue weighted by atomic mass is 32.1. The van der Waals surface area contributed by atoms with Gasteiger partial charge in [0.15, 0.2) is 0 Å². The van der Waals surface area contributed by atoms with Crippen molar-refractivity contribution in [3.8, 4) is 0 Å². The van der Waals surface area contributed by atoms with Crippen molar-refractivity contribution in [1.82, 2.24) is 5.32 Å². The largest absolute Gasteiger partial charge is 0.480 e. The van der Waals surface area contributed by atoms with E-state index in [1.807, 2.05) is 0 Å². The van der Waals surface area contributed by atoms with Crippen LogP contribution >= 0.6 is 37.9 Å². The SMILES string of the molecule is CC(S)C(=O)O.CC(S)C(=O)O.CC(S)C(=O)O.OCCNCCO. The zero-order valence-electron chi connectivity index (χ0n) is 14.4. The predicted octanol–water partition coefficient (Wildman–Crippen LogP) is -0.271. The van der Waals surface area contributed by atoms with Gasteiger partial charge in [0.1, 0.15) is 0 Å². The summed E-state index contributed by atoms with van der Waals surface area (Å²) in [6, 6.07) is 0. The van der Waals surface area contributed by atoms with E-state index >= 15 is 0 Å². The van der Waals surface area contributed by atoms with E-state index in [0.29, 0.717) is 13.1 Å². The molecule has 0 aromatic rings. The highest BCUT2D eigenvalue weighted by Crippen LogP contribution is 1.89. The van der Waals surface area contributed by atoms with Gasteiger partial charge in [-0.25, -0.2) is 0 Å². The number of aliphatic carboxylic acids is 3. The van der Waals surface area contributed by atoms with E-state index in [2.05, 4.69) is 43.2 Å². The molecule has 0 radical (unpaired) electrons. The number of rotatable bonds is 7. The summed E-state index contributed by atoms with van der Waals surface area (Å²) in [4.78, 5) is 28.9. The molecule has 0 saturated carbocycles. The minimum Gasteiger partial charge on any atom is -0.480 e. The van der Waals surface area contributed by atoms with Crippen LogP contribution in [-0.2, 0) is 14.4 Å². The van der Waals surface area contributed by atoms with Crippen LogP contribution in [0, 0.1) is 0 Å². The van der Waals surface area contributed by atoms with Crippen LogP contribution in [-0.4, -0.2) is 85.5 Å². The summed E-state index contributed by atoms with van der Waals surface area (Å²) < 4.78 is 0. The molecule has 0 fully saturated rings. The summed E-state index contributed by atoms with van der Waals surface area (Å²) in [5, 5.41) is 41.2. The van der Waals surface area contributed by atoms with Crippen LogP contribution in [0.4, 0.5) is 0 Å². The van der Waals surface area contributed by atoms with Gasteiger partial charge in [-0.05, 0) is 20.8 Å². The van der Waals surface area contributed by atoms with Crippen LogP contribution in [0.15, 0.2) is 0 Å². The highest BCUT2D eigenvalue weighted by Gasteiger charge is 2.01. The second-order valence-corrected chi connectivity index (χ2v) is 6.56. The zero-order chi connectivity index (χ0) is 21.0. The Hall–Kier alpha value is -0.660. The molecule has 0 amide bonds. The van der Waals surface area contributed by atoms with Crippen LogP contribution in [0.3, 0.4) is 0 Å². The standard InChI is InChI=1S/C4H11NO2.3C3H6O2S/c6-3-1-5-2-4-7;3*1-2(6)3(4)5/h5-7H,1-4H2;3*2,6H,1H3,(H,4,5). The van der Waals surface area contributed by atoms with Crippen LogP contribution in [0.5, 0.6) is 0 Å². The van der Waals surface area contributed by atoms with Gasteiger partial charge in [0.25, 0.3) is 0 Å². The molecule has 12 heteroatoms. The normalized spacial score (nSPS) is 12.5. The molecule has 6 N–H and O–H groups in total. The number of carbonyl (C=O) groups is 3. The first-order valence-corrected chi connectivity index (χ1v) is 8.54. The molecule has 25 heavy (non-hydrogen) atoms. The summed E-state index contributed by atoms with van der Waals surface area (Å²) in [5.74, 6) is -2.63. The smallest absolute Gasteiger partial charge is 0.316 e. The Bertz CT molecular complexity index is 294. The Balaban J connectivity index is -0.000000118. The minimum atomic E-state index is -0.877. The van der Waals surface area contributed by atoms with Crippen molar-refractivity contribution in [2.75, 3.05) is 26.3 Å². The lowest BCUT2D eigenvalue weighted by Crippen LogP contribution is -2.21. The molecule has 0 aliphatic heterocycles. The number of nitrogens with one attached hydrogen (secondary N) is 1. The van der Waals surface area contributed by atoms with Gasteiger partial charge in [0, 0.05) is 13.1 Å². The van der Waals surface area contributed by atoms with Crippen LogP contribution in [0.2, 0.25) is 0 Å². The molecule has 0 spiro atoms. The number of carboxylic acid groups (broad SMARTS) is 3. The molecule has 0 saturated heterocycles. The first-order chi connectivity index (χ1) is 11.3. The van der Waals surface area contributed by atoms with E-state index in [9.17, 15) is 14.4 Å². The Morgan fingerprint density at radius 1 is 0.720 bits per heavy atom. The van der Waals surface area contributed by atoms with Crippen molar-refractivity contribution < 1.29 is 39.9 Å². The van der Waals surface area contributed by atoms with E-state index < -0.39 is 33.7 Å². The van der Waals surface area contributed by atoms with Gasteiger partial charge in [0.2, 0.25) is 0 Å². The third-order valence-corrected chi connectivity index (χ3v) is 2.31. The average Bonchev–Trinajstić information content (AvgIpc) is 2.49. The molecule has 152 valence electrons. The van der Waals surface area contributed by atoms with Crippen molar-refractivity contribution in [2.24, 2.45) is 0 Å². The lowest BCUT2D eigenvalue weighted by atomic mass is 10.5. The molecule has 0 aliphatic rings. The topological polar surface area (TPSA) is 164 Å². The fraction of sp³-hybridized carbons (Fsp3) is 0.769. The molecule has 0 aliphatic carbocycles. The molecule has 3 atom stereocenters. The predicted molar refractivity (Wildman–Crippen MR) is 105 cm³/mol. The summed E-state index contributed by atoms with van der Waals surface area (Å²) in [6.07, 6.45) is 0. The van der Waals surface area contributed by atoms with Gasteiger partial charge >= 0.3 is 17.9 Å². The fourth-order valence-electron chi connectivity index (χ4n) is 0.283. The third-order valence-electron chi connectivity index (χ3n) is 1.65. The average molecular weight is 424 g/mol. The van der Waals surface area contributed by atoms with Gasteiger partial charge in [-0.2, -0.15) is 37.9 Å². The first-order valence-electron chi connectivity index (χ1n) is 7.00. The van der Waals surface area contributed by atoms with E-state index in [-0.39, 0.29) is 13.2 Å². The number of aliphatic hydroxyl groups excluding tert-OH is 2. The maximum absolute atomic E-state index is 9.62. The maximum Gasteiger partial charge on any atom is 0.316 e. The van der Waals surface area contributed by atoms with Crippen molar-refractivity contribution in [2.45, 2.75) is 36.5 Å². The molecule has 9 nitrogen and oxygen atoms in total. The highest BCUT2D eigenvalue weighted by molar-refractivity contribution is 7.82. The Morgan fingerprint density at radius 3 is 0.960 bits per heavy atom. The third kappa shape index (κ3) is 45.2. The maximum atomic E-state index is 9.62. The molecule has 0 bridgehead atoms. The number of thiol groups is 3. The quantitative estimate of drug-likeness (QED) is 0.198. The second-order valence-electron chi connectivity index (χ2n) is 4.24. The van der Waals surface area contributed by atoms with E-state index in [1.54, 1.807) is 0 Å². The number of hydrogen-bond acceptors (Lipinski definition) is 9. The summed E-state index contributed by atoms with van der Waals surface area (Å²) in [6.45, 7) is 5.93. The van der Waals surface area contributed by atoms with Gasteiger partial charge in [-0.15, -0.1) is 0 Å². The monoisotopic (exact) mass is 423 g/mol. The molecule has 0 heterocycles. The van der Waals surface area contributed by atoms with Gasteiger partial charge in [-0.3, -0.25) is 14.4 Å². The molecular formula is C13H29NO8S3. The number of hydrogen-bond donors (Lipinski definition) is 9. The van der Waals surface area contributed by atoms with E-state index in [4.69, 9.17) is 25.5 Å². The van der Waals surface area contributed by atoms with Crippen LogP contribution in [0.25, 0.3) is 0 Å². The van der Waals surface area contributed by atoms with Gasteiger partial charge in [-0.1, -0.05) is 0 Å². The number of carboxylic acids is 3. The molecule has 0 rings (SSSR count). The van der Waals surface area contributed by atoms with Crippen molar-refractivity contribution in [3.05, 3.63) is 0 Å². The van der Waals surface area contributed by atoms with Crippen molar-refractivity contribution in [1.29, 1.82) is 0 Å². The van der Waals surface area contributed by atoms with E-state index in [1.165, 1.54) is 20.8 Å². The minimum absolute atomic E-state index is 0.139. The second kappa shape index (κ2) is 23.3. The summed E-state index contributed by atoms with van der Waals surface area (Å²) in [5.41, 5.74) is 0. The fourth-order valence-corrected chi connectivity index (χ4v) is 0.283. The molecule has 3 unspecified atom stereocenters. The molecular weight excluding hydrogens is 394 g/mol. The Morgan fingerprint density at radius 2 is 0.880 bits per heavy atom. The van der Waals surface area contributed by atoms with Gasteiger partial charge < -0.3 is 30.8 Å².